The molecule has 0 amide bonds. The molecule has 2 saturated heterocycles. The van der Waals surface area contributed by atoms with Gasteiger partial charge in [-0.2, -0.15) is 0 Å². The molecule has 0 spiro atoms. The number of hydrogen-bond acceptors (Lipinski definition) is 7. The van der Waals surface area contributed by atoms with E-state index in [1.54, 1.807) is 0 Å². The Morgan fingerprint density at radius 2 is 1.43 bits per heavy atom. The first-order chi connectivity index (χ1) is 10.4. The third kappa shape index (κ3) is 2.32. The molecular formula is C14H19N5O2. The van der Waals surface area contributed by atoms with Crippen molar-refractivity contribution in [2.75, 3.05) is 62.3 Å². The van der Waals surface area contributed by atoms with Crippen molar-refractivity contribution in [2.45, 2.75) is 0 Å². The van der Waals surface area contributed by atoms with Gasteiger partial charge in [-0.15, -0.1) is 0 Å². The highest BCUT2D eigenvalue weighted by Crippen LogP contribution is 2.32. The second-order valence-corrected chi connectivity index (χ2v) is 5.40. The number of nitrogens with one attached hydrogen (secondary N) is 1. The van der Waals surface area contributed by atoms with Crippen molar-refractivity contribution < 1.29 is 9.37 Å². The standard InChI is InChI=1S/C14H19N5O2/c1-2-12(19-7-9-20-10-8-19)14-13(16-21-17-14)11(1)18-5-3-15-4-6-18/h1-2,15H,3-10H2. The van der Waals surface area contributed by atoms with E-state index in [0.29, 0.717) is 0 Å². The van der Waals surface area contributed by atoms with E-state index in [4.69, 9.17) is 9.37 Å². The lowest BCUT2D eigenvalue weighted by atomic mass is 10.1. The molecule has 0 bridgehead atoms. The van der Waals surface area contributed by atoms with Crippen LogP contribution in [0.15, 0.2) is 16.8 Å². The van der Waals surface area contributed by atoms with Crippen molar-refractivity contribution in [3.63, 3.8) is 0 Å². The molecule has 4 rings (SSSR count). The Balaban J connectivity index is 1.72. The number of fused-ring (bicyclic) bond motifs is 1. The van der Waals surface area contributed by atoms with Crippen molar-refractivity contribution >= 4 is 22.4 Å². The molecule has 0 saturated carbocycles. The largest absolute Gasteiger partial charge is 0.378 e. The number of nitrogens with zero attached hydrogens (tertiary/aromatic N) is 4. The van der Waals surface area contributed by atoms with Crippen molar-refractivity contribution in [1.82, 2.24) is 15.6 Å². The molecule has 1 aromatic heterocycles. The first-order valence-electron chi connectivity index (χ1n) is 7.47. The zero-order chi connectivity index (χ0) is 14.1. The van der Waals surface area contributed by atoms with Crippen molar-refractivity contribution in [1.29, 1.82) is 0 Å². The first-order valence-corrected chi connectivity index (χ1v) is 7.47. The summed E-state index contributed by atoms with van der Waals surface area (Å²) >= 11 is 0. The molecule has 1 N–H and O–H groups in total. The summed E-state index contributed by atoms with van der Waals surface area (Å²) in [5.74, 6) is 0. The van der Waals surface area contributed by atoms with E-state index in [9.17, 15) is 0 Å². The molecule has 112 valence electrons. The second-order valence-electron chi connectivity index (χ2n) is 5.40. The summed E-state index contributed by atoms with van der Waals surface area (Å²) in [6, 6.07) is 4.28. The Hall–Kier alpha value is -1.86. The summed E-state index contributed by atoms with van der Waals surface area (Å²) in [6.45, 7) is 7.25. The van der Waals surface area contributed by atoms with Gasteiger partial charge in [0.1, 0.15) is 0 Å². The van der Waals surface area contributed by atoms with E-state index in [2.05, 4.69) is 37.6 Å². The fraction of sp³-hybridized carbons (Fsp3) is 0.571. The Bertz CT molecular complexity index is 565. The highest BCUT2D eigenvalue weighted by atomic mass is 16.6. The van der Waals surface area contributed by atoms with Crippen LogP contribution in [0, 0.1) is 0 Å². The van der Waals surface area contributed by atoms with E-state index in [-0.39, 0.29) is 0 Å². The minimum Gasteiger partial charge on any atom is -0.378 e. The smallest absolute Gasteiger partial charge is 0.160 e. The van der Waals surface area contributed by atoms with Gasteiger partial charge in [-0.25, -0.2) is 4.63 Å². The third-order valence-electron chi connectivity index (χ3n) is 4.18. The topological polar surface area (TPSA) is 66.7 Å². The monoisotopic (exact) mass is 289 g/mol. The average Bonchev–Trinajstić information content (AvgIpc) is 3.05. The fourth-order valence-electron chi connectivity index (χ4n) is 3.06. The number of rotatable bonds is 2. The lowest BCUT2D eigenvalue weighted by Crippen LogP contribution is -2.43. The average molecular weight is 289 g/mol. The van der Waals surface area contributed by atoms with Gasteiger partial charge in [-0.05, 0) is 22.4 Å². The molecule has 2 aliphatic heterocycles. The number of hydrogen-bond donors (Lipinski definition) is 1. The van der Waals surface area contributed by atoms with E-state index in [1.165, 1.54) is 0 Å². The number of anilines is 2. The van der Waals surface area contributed by atoms with Gasteiger partial charge in [-0.1, -0.05) is 0 Å². The van der Waals surface area contributed by atoms with Crippen LogP contribution in [-0.4, -0.2) is 62.8 Å². The van der Waals surface area contributed by atoms with Gasteiger partial charge in [0.15, 0.2) is 11.0 Å². The van der Waals surface area contributed by atoms with Crippen LogP contribution in [0.1, 0.15) is 0 Å². The van der Waals surface area contributed by atoms with Gasteiger partial charge in [0, 0.05) is 39.3 Å². The predicted molar refractivity (Wildman–Crippen MR) is 79.9 cm³/mol. The number of piperazine rings is 1. The normalized spacial score (nSPS) is 20.2. The highest BCUT2D eigenvalue weighted by molar-refractivity contribution is 5.96. The molecule has 2 aromatic rings. The van der Waals surface area contributed by atoms with Crippen molar-refractivity contribution in [3.8, 4) is 0 Å². The summed E-state index contributed by atoms with van der Waals surface area (Å²) < 4.78 is 10.4. The number of ether oxygens (including phenoxy) is 1. The van der Waals surface area contributed by atoms with Gasteiger partial charge in [0.25, 0.3) is 0 Å². The zero-order valence-electron chi connectivity index (χ0n) is 11.9. The lowest BCUT2D eigenvalue weighted by Gasteiger charge is -2.31. The minimum atomic E-state index is 0.756. The van der Waals surface area contributed by atoms with Crippen LogP contribution >= 0.6 is 0 Å². The van der Waals surface area contributed by atoms with Gasteiger partial charge in [0.05, 0.1) is 24.6 Å². The van der Waals surface area contributed by atoms with Crippen molar-refractivity contribution in [3.05, 3.63) is 12.1 Å². The molecule has 0 atom stereocenters. The molecule has 7 heteroatoms. The molecule has 0 aliphatic carbocycles. The summed E-state index contributed by atoms with van der Waals surface area (Å²) in [6.07, 6.45) is 0. The van der Waals surface area contributed by atoms with Crippen LogP contribution in [0.25, 0.3) is 11.0 Å². The molecule has 7 nitrogen and oxygen atoms in total. The number of benzene rings is 1. The first kappa shape index (κ1) is 12.8. The number of aromatic nitrogens is 2. The van der Waals surface area contributed by atoms with Gasteiger partial charge in [-0.3, -0.25) is 0 Å². The van der Waals surface area contributed by atoms with Crippen LogP contribution in [0.5, 0.6) is 0 Å². The summed E-state index contributed by atoms with van der Waals surface area (Å²) in [7, 11) is 0. The maximum absolute atomic E-state index is 5.42. The molecular weight excluding hydrogens is 270 g/mol. The van der Waals surface area contributed by atoms with Crippen LogP contribution < -0.4 is 15.1 Å². The Labute approximate surface area is 122 Å². The van der Waals surface area contributed by atoms with Crippen LogP contribution in [0.4, 0.5) is 11.4 Å². The quantitative estimate of drug-likeness (QED) is 0.862. The van der Waals surface area contributed by atoms with Gasteiger partial charge in [0.2, 0.25) is 0 Å². The molecule has 2 aliphatic rings. The molecule has 3 heterocycles. The van der Waals surface area contributed by atoms with Crippen LogP contribution in [0.3, 0.4) is 0 Å². The lowest BCUT2D eigenvalue weighted by molar-refractivity contribution is 0.123. The number of morpholine rings is 1. The Morgan fingerprint density at radius 3 is 2.05 bits per heavy atom. The van der Waals surface area contributed by atoms with Gasteiger partial charge < -0.3 is 19.9 Å². The maximum Gasteiger partial charge on any atom is 0.160 e. The summed E-state index contributed by atoms with van der Waals surface area (Å²) in [4.78, 5) is 4.63. The highest BCUT2D eigenvalue weighted by Gasteiger charge is 2.21. The predicted octanol–water partition coefficient (Wildman–Crippen LogP) is 0.469. The molecule has 2 fully saturated rings. The summed E-state index contributed by atoms with van der Waals surface area (Å²) in [5, 5.41) is 11.6. The Kier molecular flexibility index (Phi) is 3.36. The molecule has 0 unspecified atom stereocenters. The van der Waals surface area contributed by atoms with E-state index in [0.717, 1.165) is 74.9 Å². The maximum atomic E-state index is 5.42. The van der Waals surface area contributed by atoms with E-state index in [1.807, 2.05) is 0 Å². The SMILES string of the molecule is c1cc(N2CCOCC2)c2nonc2c1N1CCNCC1. The van der Waals surface area contributed by atoms with Crippen LogP contribution in [-0.2, 0) is 4.74 Å². The van der Waals surface area contributed by atoms with E-state index < -0.39 is 0 Å². The molecule has 21 heavy (non-hydrogen) atoms. The summed E-state index contributed by atoms with van der Waals surface area (Å²) in [5.41, 5.74) is 3.92. The minimum absolute atomic E-state index is 0.756. The van der Waals surface area contributed by atoms with Crippen LogP contribution in [0.2, 0.25) is 0 Å². The molecule has 0 radical (unpaired) electrons. The third-order valence-corrected chi connectivity index (χ3v) is 4.18. The van der Waals surface area contributed by atoms with E-state index >= 15 is 0 Å². The van der Waals surface area contributed by atoms with Crippen molar-refractivity contribution in [2.24, 2.45) is 0 Å². The fourth-order valence-corrected chi connectivity index (χ4v) is 3.06. The van der Waals surface area contributed by atoms with Gasteiger partial charge >= 0.3 is 0 Å². The molecule has 1 aromatic carbocycles. The Morgan fingerprint density at radius 1 is 0.857 bits per heavy atom. The second kappa shape index (κ2) is 5.50. The zero-order valence-corrected chi connectivity index (χ0v) is 11.9.